The number of benzene rings is 1. The zero-order chi connectivity index (χ0) is 18.6. The fourth-order valence-corrected chi connectivity index (χ4v) is 3.81. The Hall–Kier alpha value is -1.26. The first kappa shape index (κ1) is 25.8. The van der Waals surface area contributed by atoms with Gasteiger partial charge in [0.25, 0.3) is 0 Å². The van der Waals surface area contributed by atoms with Crippen molar-refractivity contribution in [2.45, 2.75) is 70.9 Å². The van der Waals surface area contributed by atoms with E-state index in [-0.39, 0.29) is 34.0 Å². The number of pyridine rings is 2. The molecule has 2 nitrogen and oxygen atoms in total. The number of aryl methyl sites for hydroxylation is 2. The Labute approximate surface area is 197 Å². The van der Waals surface area contributed by atoms with Crippen molar-refractivity contribution in [2.75, 3.05) is 0 Å². The maximum absolute atomic E-state index is 2.40. The van der Waals surface area contributed by atoms with Gasteiger partial charge in [-0.1, -0.05) is 50.3 Å². The van der Waals surface area contributed by atoms with Gasteiger partial charge in [0.2, 0.25) is 5.52 Å². The minimum atomic E-state index is 0. The third-order valence-electron chi connectivity index (χ3n) is 5.38. The summed E-state index contributed by atoms with van der Waals surface area (Å²) >= 11 is 0. The molecule has 0 amide bonds. The monoisotopic (exact) mass is 520 g/mol. The molecule has 0 atom stereocenters. The maximum Gasteiger partial charge on any atom is 0.212 e. The number of unbranched alkanes of at least 4 members (excludes halogenated alkanes) is 8. The van der Waals surface area contributed by atoms with Crippen LogP contribution in [0.1, 0.15) is 57.8 Å². The second kappa shape index (κ2) is 15.6. The van der Waals surface area contributed by atoms with Crippen LogP contribution in [0.4, 0.5) is 0 Å². The smallest absolute Gasteiger partial charge is 0.212 e. The summed E-state index contributed by atoms with van der Waals surface area (Å²) in [7, 11) is 0. The van der Waals surface area contributed by atoms with Gasteiger partial charge in [0.15, 0.2) is 18.6 Å². The lowest BCUT2D eigenvalue weighted by atomic mass is 10.1. The van der Waals surface area contributed by atoms with Crippen LogP contribution in [0.15, 0.2) is 73.2 Å². The van der Waals surface area contributed by atoms with Crippen LogP contribution in [0.5, 0.6) is 0 Å². The molecule has 0 aliphatic carbocycles. The molecule has 1 aromatic carbocycles. The normalized spacial score (nSPS) is 10.3. The van der Waals surface area contributed by atoms with E-state index in [0.29, 0.717) is 0 Å². The lowest BCUT2D eigenvalue weighted by Gasteiger charge is -2.03. The average molecular weight is 522 g/mol. The van der Waals surface area contributed by atoms with Crippen molar-refractivity contribution in [1.29, 1.82) is 0 Å². The Morgan fingerprint density at radius 1 is 0.483 bits per heavy atom. The number of halogens is 2. The van der Waals surface area contributed by atoms with Gasteiger partial charge < -0.3 is 34.0 Å². The van der Waals surface area contributed by atoms with Crippen LogP contribution >= 0.6 is 0 Å². The van der Waals surface area contributed by atoms with Gasteiger partial charge in [0, 0.05) is 42.5 Å². The van der Waals surface area contributed by atoms with Crippen molar-refractivity contribution in [1.82, 2.24) is 0 Å². The predicted octanol–water partition coefficient (Wildman–Crippen LogP) is -0.366. The quantitative estimate of drug-likeness (QED) is 0.227. The summed E-state index contributed by atoms with van der Waals surface area (Å²) in [5, 5.41) is 1.34. The zero-order valence-corrected chi connectivity index (χ0v) is 20.5. The lowest BCUT2D eigenvalue weighted by Crippen LogP contribution is -3.00. The van der Waals surface area contributed by atoms with Crippen LogP contribution in [0, 0.1) is 0 Å². The Balaban J connectivity index is 0.00000210. The third-order valence-corrected chi connectivity index (χ3v) is 5.38. The Morgan fingerprint density at radius 3 is 1.72 bits per heavy atom. The van der Waals surface area contributed by atoms with Gasteiger partial charge in [-0.15, -0.1) is 0 Å². The maximum atomic E-state index is 2.40. The molecule has 0 fully saturated rings. The van der Waals surface area contributed by atoms with Crippen molar-refractivity contribution in [3.63, 3.8) is 0 Å². The lowest BCUT2D eigenvalue weighted by molar-refractivity contribution is -0.697. The number of hydrogen-bond donors (Lipinski definition) is 0. The number of fused-ring (bicyclic) bond motifs is 1. The topological polar surface area (TPSA) is 7.76 Å². The summed E-state index contributed by atoms with van der Waals surface area (Å²) in [5.74, 6) is 0. The minimum absolute atomic E-state index is 0. The van der Waals surface area contributed by atoms with Gasteiger partial charge in [-0.2, -0.15) is 4.57 Å². The fraction of sp³-hybridized carbons (Fsp3) is 0.440. The second-order valence-electron chi connectivity index (χ2n) is 7.56. The number of aromatic nitrogens is 2. The molecule has 0 spiro atoms. The molecule has 2 heterocycles. The summed E-state index contributed by atoms with van der Waals surface area (Å²) in [6, 6.07) is 19.3. The second-order valence-corrected chi connectivity index (χ2v) is 7.56. The summed E-state index contributed by atoms with van der Waals surface area (Å²) in [4.78, 5) is 0. The number of para-hydroxylation sites is 1. The molecule has 3 rings (SSSR count). The van der Waals surface area contributed by atoms with Gasteiger partial charge in [-0.25, -0.2) is 4.57 Å². The molecule has 158 valence electrons. The molecule has 0 unspecified atom stereocenters. The predicted molar refractivity (Wildman–Crippen MR) is 112 cm³/mol. The first-order valence-electron chi connectivity index (χ1n) is 10.7. The van der Waals surface area contributed by atoms with Crippen LogP contribution in [-0.4, -0.2) is 0 Å². The molecule has 0 saturated heterocycles. The van der Waals surface area contributed by atoms with E-state index in [1.807, 2.05) is 0 Å². The molecule has 0 aliphatic heterocycles. The Bertz CT molecular complexity index is 788. The molecular weight excluding hydrogens is 488 g/mol. The van der Waals surface area contributed by atoms with E-state index in [2.05, 4.69) is 82.3 Å². The molecule has 3 aromatic rings. The summed E-state index contributed by atoms with van der Waals surface area (Å²) < 4.78 is 4.69. The van der Waals surface area contributed by atoms with Crippen LogP contribution in [0.2, 0.25) is 0 Å². The molecule has 0 aliphatic rings. The number of nitrogens with zero attached hydrogens (tertiary/aromatic N) is 2. The van der Waals surface area contributed by atoms with E-state index >= 15 is 0 Å². The molecule has 0 N–H and O–H groups in total. The van der Waals surface area contributed by atoms with Crippen LogP contribution < -0.4 is 43.1 Å². The van der Waals surface area contributed by atoms with Crippen molar-refractivity contribution in [2.24, 2.45) is 0 Å². The highest BCUT2D eigenvalue weighted by Crippen LogP contribution is 2.11. The van der Waals surface area contributed by atoms with Crippen molar-refractivity contribution in [3.8, 4) is 0 Å². The molecule has 2 aromatic heterocycles. The molecular formula is C25H34Br2N2. The van der Waals surface area contributed by atoms with Gasteiger partial charge >= 0.3 is 0 Å². The summed E-state index contributed by atoms with van der Waals surface area (Å²) in [6.07, 6.45) is 18.8. The van der Waals surface area contributed by atoms with E-state index in [0.717, 1.165) is 13.1 Å². The van der Waals surface area contributed by atoms with Gasteiger partial charge in [0.05, 0.1) is 0 Å². The largest absolute Gasteiger partial charge is 1.00 e. The third kappa shape index (κ3) is 9.39. The van der Waals surface area contributed by atoms with Crippen molar-refractivity contribution >= 4 is 10.9 Å². The van der Waals surface area contributed by atoms with E-state index in [4.69, 9.17) is 0 Å². The van der Waals surface area contributed by atoms with Crippen LogP contribution in [0.3, 0.4) is 0 Å². The molecule has 4 heteroatoms. The summed E-state index contributed by atoms with van der Waals surface area (Å²) in [6.45, 7) is 2.30. The van der Waals surface area contributed by atoms with Crippen LogP contribution in [-0.2, 0) is 13.1 Å². The van der Waals surface area contributed by atoms with Crippen molar-refractivity contribution in [3.05, 3.63) is 73.2 Å². The first-order chi connectivity index (χ1) is 13.4. The highest BCUT2D eigenvalue weighted by atomic mass is 79.9. The zero-order valence-electron chi connectivity index (χ0n) is 17.4. The average Bonchev–Trinajstić information content (AvgIpc) is 2.73. The SMILES string of the molecule is [Br-].[Br-].c1cc[n+](CCCCCCCCCCC[n+]2cccc3ccccc32)cc1. The molecule has 0 radical (unpaired) electrons. The van der Waals surface area contributed by atoms with Gasteiger partial charge in [-0.3, -0.25) is 0 Å². The van der Waals surface area contributed by atoms with E-state index < -0.39 is 0 Å². The minimum Gasteiger partial charge on any atom is -1.00 e. The first-order valence-corrected chi connectivity index (χ1v) is 10.7. The van der Waals surface area contributed by atoms with Gasteiger partial charge in [-0.05, 0) is 25.0 Å². The number of hydrogen-bond acceptors (Lipinski definition) is 0. The highest BCUT2D eigenvalue weighted by Gasteiger charge is 2.06. The summed E-state index contributed by atoms with van der Waals surface area (Å²) in [5.41, 5.74) is 1.36. The van der Waals surface area contributed by atoms with E-state index in [1.54, 1.807) is 0 Å². The van der Waals surface area contributed by atoms with Crippen molar-refractivity contribution < 1.29 is 43.1 Å². The van der Waals surface area contributed by atoms with Gasteiger partial charge in [0.1, 0.15) is 13.1 Å². The highest BCUT2D eigenvalue weighted by molar-refractivity contribution is 5.74. The van der Waals surface area contributed by atoms with Crippen LogP contribution in [0.25, 0.3) is 10.9 Å². The Morgan fingerprint density at radius 2 is 1.03 bits per heavy atom. The Kier molecular flexibility index (Phi) is 13.8. The molecule has 29 heavy (non-hydrogen) atoms. The fourth-order valence-electron chi connectivity index (χ4n) is 3.81. The molecule has 0 bridgehead atoms. The number of rotatable bonds is 12. The standard InChI is InChI=1S/C25H34N2.2BrH/c1(2-4-6-11-19-26-20-12-8-13-21-26)3-5-7-14-22-27-23-15-17-24-16-9-10-18-25(24)27;;/h8-10,12-13,15-18,20-21,23H,1-7,11,14,19,22H2;2*1H/q+2;;/p-2. The van der Waals surface area contributed by atoms with E-state index in [1.165, 1.54) is 68.7 Å². The van der Waals surface area contributed by atoms with E-state index in [9.17, 15) is 0 Å². The molecule has 0 saturated carbocycles.